The summed E-state index contributed by atoms with van der Waals surface area (Å²) in [4.78, 5) is 0. The fourth-order valence-electron chi connectivity index (χ4n) is 1.78. The Morgan fingerprint density at radius 2 is 2.00 bits per heavy atom. The van der Waals surface area contributed by atoms with Crippen LogP contribution in [0, 0.1) is 6.92 Å². The molecule has 1 nitrogen and oxygen atoms in total. The fraction of sp³-hybridized carbons (Fsp3) is 0.500. The third-order valence-corrected chi connectivity index (χ3v) is 2.60. The van der Waals surface area contributed by atoms with Crippen LogP contribution in [-0.4, -0.2) is 11.7 Å². The largest absolute Gasteiger partial charge is 0.396 e. The van der Waals surface area contributed by atoms with E-state index < -0.39 is 0 Å². The highest BCUT2D eigenvalue weighted by atomic mass is 16.3. The highest BCUT2D eigenvalue weighted by Gasteiger charge is 2.09. The zero-order valence-electron chi connectivity index (χ0n) is 8.46. The van der Waals surface area contributed by atoms with Gasteiger partial charge in [0.05, 0.1) is 0 Å². The second-order valence-electron chi connectivity index (χ2n) is 3.47. The second kappa shape index (κ2) is 5.03. The summed E-state index contributed by atoms with van der Waals surface area (Å²) in [5.41, 5.74) is 2.72. The first-order valence-corrected chi connectivity index (χ1v) is 4.96. The molecule has 0 bridgehead atoms. The molecular formula is C12H18O. The topological polar surface area (TPSA) is 20.2 Å². The van der Waals surface area contributed by atoms with Gasteiger partial charge in [-0.05, 0) is 36.8 Å². The number of rotatable bonds is 4. The minimum atomic E-state index is 0.285. The van der Waals surface area contributed by atoms with Gasteiger partial charge in [-0.3, -0.25) is 0 Å². The SMILES string of the molecule is CCC(CCO)c1ccccc1C. The van der Waals surface area contributed by atoms with Crippen LogP contribution in [0.5, 0.6) is 0 Å². The van der Waals surface area contributed by atoms with Crippen LogP contribution in [0.1, 0.15) is 36.8 Å². The fourth-order valence-corrected chi connectivity index (χ4v) is 1.78. The van der Waals surface area contributed by atoms with Crippen molar-refractivity contribution in [1.82, 2.24) is 0 Å². The van der Waals surface area contributed by atoms with E-state index in [1.165, 1.54) is 11.1 Å². The standard InChI is InChI=1S/C12H18O/c1-3-11(8-9-13)12-7-5-4-6-10(12)2/h4-7,11,13H,3,8-9H2,1-2H3. The van der Waals surface area contributed by atoms with Gasteiger partial charge in [-0.15, -0.1) is 0 Å². The van der Waals surface area contributed by atoms with E-state index in [1.807, 2.05) is 0 Å². The summed E-state index contributed by atoms with van der Waals surface area (Å²) < 4.78 is 0. The van der Waals surface area contributed by atoms with Crippen LogP contribution in [0.2, 0.25) is 0 Å². The first-order chi connectivity index (χ1) is 6.29. The summed E-state index contributed by atoms with van der Waals surface area (Å²) in [6.07, 6.45) is 1.98. The van der Waals surface area contributed by atoms with E-state index >= 15 is 0 Å². The summed E-state index contributed by atoms with van der Waals surface area (Å²) in [5.74, 6) is 0.520. The van der Waals surface area contributed by atoms with E-state index in [0.717, 1.165) is 12.8 Å². The van der Waals surface area contributed by atoms with Gasteiger partial charge in [-0.1, -0.05) is 31.2 Å². The van der Waals surface area contributed by atoms with Gasteiger partial charge in [0, 0.05) is 6.61 Å². The molecule has 72 valence electrons. The minimum Gasteiger partial charge on any atom is -0.396 e. The Labute approximate surface area is 80.4 Å². The van der Waals surface area contributed by atoms with Gasteiger partial charge in [-0.25, -0.2) is 0 Å². The molecule has 1 aromatic carbocycles. The predicted molar refractivity (Wildman–Crippen MR) is 55.9 cm³/mol. The summed E-state index contributed by atoms with van der Waals surface area (Å²) in [6.45, 7) is 4.59. The van der Waals surface area contributed by atoms with E-state index in [2.05, 4.69) is 38.1 Å². The molecule has 0 radical (unpaired) electrons. The molecule has 0 heterocycles. The third kappa shape index (κ3) is 2.56. The molecule has 0 amide bonds. The molecule has 1 aromatic rings. The number of benzene rings is 1. The van der Waals surface area contributed by atoms with Crippen LogP contribution in [0.25, 0.3) is 0 Å². The van der Waals surface area contributed by atoms with Gasteiger partial charge >= 0.3 is 0 Å². The van der Waals surface area contributed by atoms with E-state index in [0.29, 0.717) is 5.92 Å². The van der Waals surface area contributed by atoms with Crippen LogP contribution in [0.15, 0.2) is 24.3 Å². The van der Waals surface area contributed by atoms with Gasteiger partial charge in [0.1, 0.15) is 0 Å². The van der Waals surface area contributed by atoms with E-state index in [9.17, 15) is 0 Å². The molecule has 0 aliphatic carbocycles. The van der Waals surface area contributed by atoms with Crippen molar-refractivity contribution in [1.29, 1.82) is 0 Å². The Kier molecular flexibility index (Phi) is 3.97. The normalized spacial score (nSPS) is 12.8. The van der Waals surface area contributed by atoms with Crippen LogP contribution in [0.4, 0.5) is 0 Å². The third-order valence-electron chi connectivity index (χ3n) is 2.60. The Morgan fingerprint density at radius 1 is 1.31 bits per heavy atom. The quantitative estimate of drug-likeness (QED) is 0.751. The first kappa shape index (κ1) is 10.3. The number of hydrogen-bond donors (Lipinski definition) is 1. The molecule has 0 aliphatic heterocycles. The Morgan fingerprint density at radius 3 is 2.54 bits per heavy atom. The van der Waals surface area contributed by atoms with Crippen LogP contribution >= 0.6 is 0 Å². The van der Waals surface area contributed by atoms with Crippen molar-refractivity contribution in [2.24, 2.45) is 0 Å². The lowest BCUT2D eigenvalue weighted by molar-refractivity contribution is 0.274. The molecule has 0 saturated heterocycles. The van der Waals surface area contributed by atoms with Crippen molar-refractivity contribution < 1.29 is 5.11 Å². The monoisotopic (exact) mass is 178 g/mol. The van der Waals surface area contributed by atoms with Gasteiger partial charge in [0.25, 0.3) is 0 Å². The van der Waals surface area contributed by atoms with Crippen LogP contribution < -0.4 is 0 Å². The lowest BCUT2D eigenvalue weighted by Gasteiger charge is -2.16. The average Bonchev–Trinajstić information content (AvgIpc) is 2.16. The lowest BCUT2D eigenvalue weighted by Crippen LogP contribution is -2.02. The Bertz CT molecular complexity index is 255. The number of aryl methyl sites for hydroxylation is 1. The molecule has 1 atom stereocenters. The molecule has 1 rings (SSSR count). The molecule has 1 N–H and O–H groups in total. The minimum absolute atomic E-state index is 0.285. The number of aliphatic hydroxyl groups is 1. The summed E-state index contributed by atoms with van der Waals surface area (Å²) >= 11 is 0. The second-order valence-corrected chi connectivity index (χ2v) is 3.47. The molecule has 0 aliphatic rings. The van der Waals surface area contributed by atoms with Crippen molar-refractivity contribution >= 4 is 0 Å². The summed E-state index contributed by atoms with van der Waals surface area (Å²) in [6, 6.07) is 8.43. The van der Waals surface area contributed by atoms with Gasteiger partial charge < -0.3 is 5.11 Å². The molecular weight excluding hydrogens is 160 g/mol. The van der Waals surface area contributed by atoms with E-state index in [-0.39, 0.29) is 6.61 Å². The number of hydrogen-bond acceptors (Lipinski definition) is 1. The van der Waals surface area contributed by atoms with Crippen molar-refractivity contribution in [2.75, 3.05) is 6.61 Å². The molecule has 0 saturated carbocycles. The van der Waals surface area contributed by atoms with Crippen molar-refractivity contribution in [2.45, 2.75) is 32.6 Å². The summed E-state index contributed by atoms with van der Waals surface area (Å²) in [5, 5.41) is 8.92. The van der Waals surface area contributed by atoms with E-state index in [4.69, 9.17) is 5.11 Å². The average molecular weight is 178 g/mol. The van der Waals surface area contributed by atoms with Crippen molar-refractivity contribution in [3.63, 3.8) is 0 Å². The molecule has 0 aromatic heterocycles. The zero-order valence-corrected chi connectivity index (χ0v) is 8.46. The van der Waals surface area contributed by atoms with Gasteiger partial charge in [0.15, 0.2) is 0 Å². The smallest absolute Gasteiger partial charge is 0.0436 e. The Balaban J connectivity index is 2.84. The highest BCUT2D eigenvalue weighted by molar-refractivity contribution is 5.28. The first-order valence-electron chi connectivity index (χ1n) is 4.96. The maximum atomic E-state index is 8.92. The maximum absolute atomic E-state index is 8.92. The highest BCUT2D eigenvalue weighted by Crippen LogP contribution is 2.25. The molecule has 1 unspecified atom stereocenters. The molecule has 13 heavy (non-hydrogen) atoms. The lowest BCUT2D eigenvalue weighted by atomic mass is 9.90. The Hall–Kier alpha value is -0.820. The van der Waals surface area contributed by atoms with Crippen molar-refractivity contribution in [3.05, 3.63) is 35.4 Å². The molecule has 1 heteroatoms. The molecule has 0 fully saturated rings. The maximum Gasteiger partial charge on any atom is 0.0436 e. The van der Waals surface area contributed by atoms with Crippen LogP contribution in [-0.2, 0) is 0 Å². The summed E-state index contributed by atoms with van der Waals surface area (Å²) in [7, 11) is 0. The van der Waals surface area contributed by atoms with Gasteiger partial charge in [0.2, 0.25) is 0 Å². The number of aliphatic hydroxyl groups excluding tert-OH is 1. The van der Waals surface area contributed by atoms with Crippen molar-refractivity contribution in [3.8, 4) is 0 Å². The zero-order chi connectivity index (χ0) is 9.68. The predicted octanol–water partition coefficient (Wildman–Crippen LogP) is 2.87. The van der Waals surface area contributed by atoms with Crippen LogP contribution in [0.3, 0.4) is 0 Å². The molecule has 0 spiro atoms. The van der Waals surface area contributed by atoms with E-state index in [1.54, 1.807) is 0 Å². The van der Waals surface area contributed by atoms with Gasteiger partial charge in [-0.2, -0.15) is 0 Å².